The third kappa shape index (κ3) is 2.63. The number of aryl methyl sites for hydroxylation is 1. The van der Waals surface area contributed by atoms with Gasteiger partial charge in [-0.1, -0.05) is 12.1 Å². The molecule has 4 bridgehead atoms. The van der Waals surface area contributed by atoms with Crippen molar-refractivity contribution < 1.29 is 4.79 Å². The fourth-order valence-corrected chi connectivity index (χ4v) is 7.25. The molecular formula is C24H33NO. The van der Waals surface area contributed by atoms with E-state index in [1.165, 1.54) is 56.1 Å². The monoisotopic (exact) mass is 351 g/mol. The third-order valence-electron chi connectivity index (χ3n) is 8.17. The minimum atomic E-state index is 0.256. The summed E-state index contributed by atoms with van der Waals surface area (Å²) in [7, 11) is 0. The Hall–Kier alpha value is -1.31. The number of amides is 1. The van der Waals surface area contributed by atoms with Gasteiger partial charge in [-0.25, -0.2) is 0 Å². The first-order chi connectivity index (χ1) is 12.5. The van der Waals surface area contributed by atoms with Gasteiger partial charge >= 0.3 is 0 Å². The summed E-state index contributed by atoms with van der Waals surface area (Å²) in [6.07, 6.45) is 12.2. The smallest absolute Gasteiger partial charge is 0.254 e. The number of rotatable bonds is 2. The van der Waals surface area contributed by atoms with Crippen LogP contribution in [0.1, 0.15) is 86.2 Å². The van der Waals surface area contributed by atoms with E-state index in [4.69, 9.17) is 0 Å². The van der Waals surface area contributed by atoms with Crippen molar-refractivity contribution in [3.8, 4) is 0 Å². The van der Waals surface area contributed by atoms with Gasteiger partial charge in [-0.15, -0.1) is 0 Å². The highest BCUT2D eigenvalue weighted by molar-refractivity contribution is 5.96. The van der Waals surface area contributed by atoms with Crippen LogP contribution in [0.4, 0.5) is 0 Å². The number of benzene rings is 1. The van der Waals surface area contributed by atoms with Crippen molar-refractivity contribution in [1.82, 2.24) is 4.90 Å². The Balaban J connectivity index is 1.43. The second-order valence-electron chi connectivity index (χ2n) is 10.1. The maximum Gasteiger partial charge on any atom is 0.254 e. The molecule has 1 aromatic rings. The first kappa shape index (κ1) is 16.8. The second-order valence-corrected chi connectivity index (χ2v) is 10.1. The van der Waals surface area contributed by atoms with Crippen molar-refractivity contribution >= 4 is 5.91 Å². The summed E-state index contributed by atoms with van der Waals surface area (Å²) in [6.45, 7) is 5.29. The molecule has 2 nitrogen and oxygen atoms in total. The van der Waals surface area contributed by atoms with Gasteiger partial charge in [0.25, 0.3) is 5.91 Å². The van der Waals surface area contributed by atoms with Crippen LogP contribution in [0.3, 0.4) is 0 Å². The summed E-state index contributed by atoms with van der Waals surface area (Å²) in [4.78, 5) is 15.2. The van der Waals surface area contributed by atoms with Crippen LogP contribution < -0.4 is 0 Å². The maximum atomic E-state index is 13.1. The van der Waals surface area contributed by atoms with Crippen LogP contribution in [0, 0.1) is 24.7 Å². The van der Waals surface area contributed by atoms with Crippen molar-refractivity contribution in [1.29, 1.82) is 0 Å². The van der Waals surface area contributed by atoms with E-state index >= 15 is 0 Å². The third-order valence-corrected chi connectivity index (χ3v) is 8.17. The zero-order chi connectivity index (χ0) is 17.9. The van der Waals surface area contributed by atoms with Gasteiger partial charge in [0.15, 0.2) is 0 Å². The summed E-state index contributed by atoms with van der Waals surface area (Å²) in [5.74, 6) is 3.16. The molecule has 4 aliphatic carbocycles. The average molecular weight is 352 g/mol. The molecule has 140 valence electrons. The van der Waals surface area contributed by atoms with E-state index in [0.717, 1.165) is 42.7 Å². The minimum absolute atomic E-state index is 0.256. The number of likely N-dealkylation sites (tertiary alicyclic amines) is 1. The van der Waals surface area contributed by atoms with E-state index in [-0.39, 0.29) is 5.91 Å². The van der Waals surface area contributed by atoms with Crippen LogP contribution in [-0.2, 0) is 5.41 Å². The first-order valence-corrected chi connectivity index (χ1v) is 11.0. The fraction of sp³-hybridized carbons (Fsp3) is 0.708. The van der Waals surface area contributed by atoms with Crippen molar-refractivity contribution in [2.24, 2.45) is 17.8 Å². The van der Waals surface area contributed by atoms with Crippen LogP contribution in [0.25, 0.3) is 0 Å². The molecular weight excluding hydrogens is 318 g/mol. The summed E-state index contributed by atoms with van der Waals surface area (Å²) >= 11 is 0. The second kappa shape index (κ2) is 6.11. The molecule has 0 spiro atoms. The molecule has 0 N–H and O–H groups in total. The largest absolute Gasteiger partial charge is 0.336 e. The Morgan fingerprint density at radius 2 is 1.69 bits per heavy atom. The van der Waals surface area contributed by atoms with Crippen molar-refractivity contribution in [3.63, 3.8) is 0 Å². The Bertz CT molecular complexity index is 686. The SMILES string of the molecule is Cc1cc(C23CC4CC(CC(C4)C2)C3)ccc1C(=O)N1CCCC[C@@H]1C. The van der Waals surface area contributed by atoms with Crippen LogP contribution in [0.5, 0.6) is 0 Å². The van der Waals surface area contributed by atoms with Crippen molar-refractivity contribution in [2.45, 2.75) is 83.1 Å². The highest BCUT2D eigenvalue weighted by Gasteiger charge is 2.51. The van der Waals surface area contributed by atoms with E-state index in [0.29, 0.717) is 11.5 Å². The van der Waals surface area contributed by atoms with Gasteiger partial charge in [0.1, 0.15) is 0 Å². The zero-order valence-electron chi connectivity index (χ0n) is 16.5. The molecule has 2 heteroatoms. The van der Waals surface area contributed by atoms with Gasteiger partial charge in [0.05, 0.1) is 0 Å². The van der Waals surface area contributed by atoms with Gasteiger partial charge in [-0.3, -0.25) is 4.79 Å². The van der Waals surface area contributed by atoms with E-state index in [2.05, 4.69) is 36.9 Å². The normalized spacial score (nSPS) is 38.6. The molecule has 5 fully saturated rings. The van der Waals surface area contributed by atoms with Crippen molar-refractivity contribution in [3.05, 3.63) is 34.9 Å². The highest BCUT2D eigenvalue weighted by atomic mass is 16.2. The molecule has 1 aromatic carbocycles. The Kier molecular flexibility index (Phi) is 3.95. The maximum absolute atomic E-state index is 13.1. The number of nitrogens with zero attached hydrogens (tertiary/aromatic N) is 1. The molecule has 1 heterocycles. The molecule has 1 aliphatic heterocycles. The number of hydrogen-bond acceptors (Lipinski definition) is 1. The van der Waals surface area contributed by atoms with E-state index < -0.39 is 0 Å². The van der Waals surface area contributed by atoms with Crippen molar-refractivity contribution in [2.75, 3.05) is 6.54 Å². The van der Waals surface area contributed by atoms with E-state index in [1.54, 1.807) is 0 Å². The predicted molar refractivity (Wildman–Crippen MR) is 105 cm³/mol. The van der Waals surface area contributed by atoms with Crippen LogP contribution >= 0.6 is 0 Å². The van der Waals surface area contributed by atoms with Crippen LogP contribution in [-0.4, -0.2) is 23.4 Å². The van der Waals surface area contributed by atoms with Crippen LogP contribution in [0.15, 0.2) is 18.2 Å². The Labute approximate surface area is 158 Å². The molecule has 1 amide bonds. The van der Waals surface area contributed by atoms with E-state index in [9.17, 15) is 4.79 Å². The molecule has 26 heavy (non-hydrogen) atoms. The lowest BCUT2D eigenvalue weighted by Crippen LogP contribution is -2.48. The summed E-state index contributed by atoms with van der Waals surface area (Å²) in [5.41, 5.74) is 4.10. The molecule has 1 saturated heterocycles. The van der Waals surface area contributed by atoms with Gasteiger partial charge in [0.2, 0.25) is 0 Å². The summed E-state index contributed by atoms with van der Waals surface area (Å²) < 4.78 is 0. The standard InChI is InChI=1S/C24H33NO/c1-16-9-21(24-13-18-10-19(14-24)12-20(11-18)15-24)6-7-22(16)23(26)25-8-4-3-5-17(25)2/h6-7,9,17-20H,3-5,8,10-15H2,1-2H3/t17-,18?,19?,20?,24?/m0/s1. The molecule has 5 aliphatic rings. The average Bonchev–Trinajstić information content (AvgIpc) is 2.60. The molecule has 6 rings (SSSR count). The van der Waals surface area contributed by atoms with Gasteiger partial charge < -0.3 is 4.90 Å². The lowest BCUT2D eigenvalue weighted by molar-refractivity contribution is -0.00523. The van der Waals surface area contributed by atoms with Crippen LogP contribution in [0.2, 0.25) is 0 Å². The number of carbonyl (C=O) groups excluding carboxylic acids is 1. The Morgan fingerprint density at radius 1 is 1.04 bits per heavy atom. The Morgan fingerprint density at radius 3 is 2.27 bits per heavy atom. The first-order valence-electron chi connectivity index (χ1n) is 11.0. The van der Waals surface area contributed by atoms with Gasteiger partial charge in [0, 0.05) is 18.2 Å². The summed E-state index contributed by atoms with van der Waals surface area (Å²) in [6, 6.07) is 7.25. The lowest BCUT2D eigenvalue weighted by atomic mass is 9.48. The van der Waals surface area contributed by atoms with Gasteiger partial charge in [-0.2, -0.15) is 0 Å². The molecule has 1 atom stereocenters. The molecule has 0 radical (unpaired) electrons. The fourth-order valence-electron chi connectivity index (χ4n) is 7.25. The van der Waals surface area contributed by atoms with E-state index in [1.807, 2.05) is 0 Å². The predicted octanol–water partition coefficient (Wildman–Crippen LogP) is 5.48. The molecule has 0 unspecified atom stereocenters. The number of piperidine rings is 1. The molecule has 4 saturated carbocycles. The minimum Gasteiger partial charge on any atom is -0.336 e. The lowest BCUT2D eigenvalue weighted by Gasteiger charge is -2.57. The molecule has 0 aromatic heterocycles. The number of hydrogen-bond donors (Lipinski definition) is 0. The summed E-state index contributed by atoms with van der Waals surface area (Å²) in [5, 5.41) is 0. The topological polar surface area (TPSA) is 20.3 Å². The quantitative estimate of drug-likeness (QED) is 0.691. The van der Waals surface area contributed by atoms with Gasteiger partial charge in [-0.05, 0) is 112 Å². The highest BCUT2D eigenvalue weighted by Crippen LogP contribution is 2.60. The zero-order valence-corrected chi connectivity index (χ0v) is 16.5. The number of carbonyl (C=O) groups is 1.